The highest BCUT2D eigenvalue weighted by Gasteiger charge is 2.07. The van der Waals surface area contributed by atoms with E-state index in [-0.39, 0.29) is 17.7 Å². The van der Waals surface area contributed by atoms with E-state index in [0.29, 0.717) is 9.20 Å². The maximum atomic E-state index is 12.4. The molecule has 102 valence electrons. The standard InChI is InChI=1S/C16H11N3OS/c1-2-8-19-15(20)14(9-12-6-4-3-5-7-12)21-16(19)13(10-17)11-18/h2-7,9H,1,8H2/b14-9-. The van der Waals surface area contributed by atoms with Crippen LogP contribution in [0.15, 0.2) is 47.8 Å². The second kappa shape index (κ2) is 6.51. The monoisotopic (exact) mass is 293 g/mol. The molecule has 0 bridgehead atoms. The maximum Gasteiger partial charge on any atom is 0.269 e. The SMILES string of the molecule is C=CCn1c(=C(C#N)C#N)s/c(=C\c2ccccc2)c1=O. The van der Waals surface area contributed by atoms with E-state index >= 15 is 0 Å². The summed E-state index contributed by atoms with van der Waals surface area (Å²) in [4.78, 5) is 12.4. The minimum atomic E-state index is -0.221. The van der Waals surface area contributed by atoms with Crippen molar-refractivity contribution in [1.82, 2.24) is 4.57 Å². The maximum absolute atomic E-state index is 12.4. The highest BCUT2D eigenvalue weighted by Crippen LogP contribution is 1.98. The molecule has 1 aromatic heterocycles. The van der Waals surface area contributed by atoms with Gasteiger partial charge < -0.3 is 0 Å². The molecule has 0 aliphatic rings. The summed E-state index contributed by atoms with van der Waals surface area (Å²) in [5, 5.41) is 18.0. The van der Waals surface area contributed by atoms with Gasteiger partial charge in [0.2, 0.25) is 0 Å². The number of hydrogen-bond acceptors (Lipinski definition) is 4. The van der Waals surface area contributed by atoms with Crippen LogP contribution < -0.4 is 14.8 Å². The Morgan fingerprint density at radius 3 is 2.52 bits per heavy atom. The number of rotatable bonds is 3. The summed E-state index contributed by atoms with van der Waals surface area (Å²) < 4.78 is 2.25. The van der Waals surface area contributed by atoms with Crippen LogP contribution >= 0.6 is 11.3 Å². The molecule has 0 atom stereocenters. The molecule has 0 amide bonds. The highest BCUT2D eigenvalue weighted by molar-refractivity contribution is 7.07. The number of nitriles is 2. The predicted molar refractivity (Wildman–Crippen MR) is 82.7 cm³/mol. The predicted octanol–water partition coefficient (Wildman–Crippen LogP) is 1.12. The van der Waals surface area contributed by atoms with Gasteiger partial charge >= 0.3 is 0 Å². The second-order valence-corrected chi connectivity index (χ2v) is 5.16. The Morgan fingerprint density at radius 2 is 1.95 bits per heavy atom. The quantitative estimate of drug-likeness (QED) is 0.796. The fourth-order valence-electron chi connectivity index (χ4n) is 1.82. The lowest BCUT2D eigenvalue weighted by molar-refractivity contribution is 0.775. The third kappa shape index (κ3) is 3.00. The lowest BCUT2D eigenvalue weighted by Crippen LogP contribution is -2.31. The summed E-state index contributed by atoms with van der Waals surface area (Å²) in [6, 6.07) is 13.1. The second-order valence-electron chi connectivity index (χ2n) is 4.13. The molecular weight excluding hydrogens is 282 g/mol. The summed E-state index contributed by atoms with van der Waals surface area (Å²) in [7, 11) is 0. The van der Waals surface area contributed by atoms with Gasteiger partial charge in [0.1, 0.15) is 16.8 Å². The van der Waals surface area contributed by atoms with Crippen LogP contribution in [0.1, 0.15) is 5.56 Å². The van der Waals surface area contributed by atoms with Gasteiger partial charge in [-0.3, -0.25) is 9.36 Å². The minimum Gasteiger partial charge on any atom is -0.293 e. The first-order valence-corrected chi connectivity index (χ1v) is 6.94. The Kier molecular flexibility index (Phi) is 4.50. The molecule has 0 unspecified atom stereocenters. The van der Waals surface area contributed by atoms with Gasteiger partial charge in [-0.15, -0.1) is 17.9 Å². The topological polar surface area (TPSA) is 69.6 Å². The van der Waals surface area contributed by atoms with Crippen molar-refractivity contribution in [2.75, 3.05) is 0 Å². The van der Waals surface area contributed by atoms with Crippen LogP contribution in [0.5, 0.6) is 0 Å². The van der Waals surface area contributed by atoms with Crippen LogP contribution in [0.3, 0.4) is 0 Å². The Labute approximate surface area is 125 Å². The van der Waals surface area contributed by atoms with Gasteiger partial charge in [-0.25, -0.2) is 0 Å². The zero-order valence-electron chi connectivity index (χ0n) is 11.1. The van der Waals surface area contributed by atoms with E-state index in [0.717, 1.165) is 16.9 Å². The van der Waals surface area contributed by atoms with E-state index in [4.69, 9.17) is 10.5 Å². The molecule has 5 heteroatoms. The van der Waals surface area contributed by atoms with Crippen LogP contribution in [0.25, 0.3) is 11.6 Å². The smallest absolute Gasteiger partial charge is 0.269 e. The molecule has 4 nitrogen and oxygen atoms in total. The molecule has 1 heterocycles. The fourth-order valence-corrected chi connectivity index (χ4v) is 2.88. The Morgan fingerprint density at radius 1 is 1.29 bits per heavy atom. The largest absolute Gasteiger partial charge is 0.293 e. The van der Waals surface area contributed by atoms with Gasteiger partial charge in [0.05, 0.1) is 4.53 Å². The van der Waals surface area contributed by atoms with Crippen molar-refractivity contribution in [3.63, 3.8) is 0 Å². The van der Waals surface area contributed by atoms with E-state index < -0.39 is 0 Å². The van der Waals surface area contributed by atoms with Crippen molar-refractivity contribution in [3.8, 4) is 12.1 Å². The Balaban J connectivity index is 2.82. The first-order chi connectivity index (χ1) is 10.2. The van der Waals surface area contributed by atoms with Crippen molar-refractivity contribution in [2.45, 2.75) is 6.54 Å². The molecule has 0 aliphatic heterocycles. The number of allylic oxidation sites excluding steroid dienone is 1. The first-order valence-electron chi connectivity index (χ1n) is 6.13. The van der Waals surface area contributed by atoms with Crippen molar-refractivity contribution in [1.29, 1.82) is 10.5 Å². The van der Waals surface area contributed by atoms with Gasteiger partial charge in [-0.1, -0.05) is 36.4 Å². The highest BCUT2D eigenvalue weighted by atomic mass is 32.1. The van der Waals surface area contributed by atoms with Gasteiger partial charge in [-0.2, -0.15) is 10.5 Å². The molecule has 0 N–H and O–H groups in total. The zero-order valence-corrected chi connectivity index (χ0v) is 11.9. The Bertz CT molecular complexity index is 905. The van der Waals surface area contributed by atoms with Gasteiger partial charge in [0, 0.05) is 6.54 Å². The third-order valence-corrected chi connectivity index (χ3v) is 3.88. The average molecular weight is 293 g/mol. The third-order valence-electron chi connectivity index (χ3n) is 2.75. The summed E-state index contributed by atoms with van der Waals surface area (Å²) in [6.07, 6.45) is 3.32. The van der Waals surface area contributed by atoms with Crippen molar-refractivity contribution in [3.05, 3.63) is 68.1 Å². The number of thiazole rings is 1. The number of benzene rings is 1. The van der Waals surface area contributed by atoms with Crippen molar-refractivity contribution < 1.29 is 0 Å². The number of hydrogen-bond donors (Lipinski definition) is 0. The molecule has 2 rings (SSSR count). The number of nitrogens with zero attached hydrogens (tertiary/aromatic N) is 3. The van der Waals surface area contributed by atoms with Crippen LogP contribution in [0.2, 0.25) is 0 Å². The van der Waals surface area contributed by atoms with E-state index in [1.165, 1.54) is 4.57 Å². The summed E-state index contributed by atoms with van der Waals surface area (Å²) in [5.74, 6) is 0. The molecule has 0 saturated carbocycles. The summed E-state index contributed by atoms with van der Waals surface area (Å²) in [6.45, 7) is 3.87. The number of aromatic nitrogens is 1. The fraction of sp³-hybridized carbons (Fsp3) is 0.0625. The summed E-state index contributed by atoms with van der Waals surface area (Å²) >= 11 is 1.14. The molecule has 0 spiro atoms. The molecule has 0 aliphatic carbocycles. The summed E-state index contributed by atoms with van der Waals surface area (Å²) in [5.41, 5.74) is 0.608. The molecule has 0 saturated heterocycles. The lowest BCUT2D eigenvalue weighted by atomic mass is 10.2. The van der Waals surface area contributed by atoms with Gasteiger partial charge in [0.25, 0.3) is 5.56 Å². The van der Waals surface area contributed by atoms with Gasteiger partial charge in [-0.05, 0) is 11.6 Å². The minimum absolute atomic E-state index is 0.0633. The zero-order chi connectivity index (χ0) is 15.2. The molecule has 1 aromatic carbocycles. The van der Waals surface area contributed by atoms with Crippen LogP contribution in [0.4, 0.5) is 0 Å². The molecule has 21 heavy (non-hydrogen) atoms. The normalized spacial score (nSPS) is 10.7. The average Bonchev–Trinajstić information content (AvgIpc) is 2.80. The van der Waals surface area contributed by atoms with Crippen LogP contribution in [-0.4, -0.2) is 4.57 Å². The molecule has 0 fully saturated rings. The van der Waals surface area contributed by atoms with Crippen LogP contribution in [-0.2, 0) is 6.54 Å². The van der Waals surface area contributed by atoms with E-state index in [1.54, 1.807) is 12.2 Å². The van der Waals surface area contributed by atoms with E-state index in [9.17, 15) is 4.79 Å². The van der Waals surface area contributed by atoms with E-state index in [2.05, 4.69) is 6.58 Å². The lowest BCUT2D eigenvalue weighted by Gasteiger charge is -1.94. The van der Waals surface area contributed by atoms with Gasteiger partial charge in [0.15, 0.2) is 5.57 Å². The first kappa shape index (κ1) is 14.5. The molecule has 0 radical (unpaired) electrons. The van der Waals surface area contributed by atoms with E-state index in [1.807, 2.05) is 42.5 Å². The molecule has 2 aromatic rings. The Hall–Kier alpha value is -2.89. The van der Waals surface area contributed by atoms with Crippen molar-refractivity contribution in [2.24, 2.45) is 0 Å². The van der Waals surface area contributed by atoms with Crippen molar-refractivity contribution >= 4 is 23.0 Å². The molecular formula is C16H11N3OS. The van der Waals surface area contributed by atoms with Crippen LogP contribution in [0, 0.1) is 22.7 Å².